The van der Waals surface area contributed by atoms with Gasteiger partial charge in [0.1, 0.15) is 0 Å². The topological polar surface area (TPSA) is 69.2 Å². The average Bonchev–Trinajstić information content (AvgIpc) is 2.42. The lowest BCUT2D eigenvalue weighted by atomic mass is 9.70. The summed E-state index contributed by atoms with van der Waals surface area (Å²) in [5, 5.41) is 11.0. The number of benzene rings is 1. The summed E-state index contributed by atoms with van der Waals surface area (Å²) in [4.78, 5) is 10.6. The standard InChI is InChI=1S/C14H19BrN2O2/c15-13-11(5-4-6-12(13)17(18)19)9-14(10-16)7-2-1-3-8-14/h4-6H,1-3,7-10,16H2. The predicted octanol–water partition coefficient (Wildman–Crippen LogP) is 3.81. The molecule has 0 spiro atoms. The van der Waals surface area contributed by atoms with E-state index in [0.29, 0.717) is 11.0 Å². The molecule has 0 heterocycles. The van der Waals surface area contributed by atoms with Crippen LogP contribution in [0.5, 0.6) is 0 Å². The van der Waals surface area contributed by atoms with E-state index in [9.17, 15) is 10.1 Å². The average molecular weight is 327 g/mol. The molecular weight excluding hydrogens is 308 g/mol. The Labute approximate surface area is 121 Å². The highest BCUT2D eigenvalue weighted by Gasteiger charge is 2.32. The number of rotatable bonds is 4. The Morgan fingerprint density at radius 2 is 2.00 bits per heavy atom. The molecule has 1 aromatic carbocycles. The van der Waals surface area contributed by atoms with E-state index < -0.39 is 0 Å². The molecule has 0 aliphatic heterocycles. The second-order valence-electron chi connectivity index (χ2n) is 5.45. The van der Waals surface area contributed by atoms with Crippen molar-refractivity contribution in [3.8, 4) is 0 Å². The second-order valence-corrected chi connectivity index (χ2v) is 6.24. The predicted molar refractivity (Wildman–Crippen MR) is 79.1 cm³/mol. The third-order valence-electron chi connectivity index (χ3n) is 4.17. The van der Waals surface area contributed by atoms with Gasteiger partial charge in [0, 0.05) is 6.07 Å². The Morgan fingerprint density at radius 1 is 1.32 bits per heavy atom. The second kappa shape index (κ2) is 6.01. The normalized spacial score (nSPS) is 18.2. The summed E-state index contributed by atoms with van der Waals surface area (Å²) in [5.74, 6) is 0. The summed E-state index contributed by atoms with van der Waals surface area (Å²) >= 11 is 3.38. The molecule has 0 amide bonds. The van der Waals surface area contributed by atoms with Gasteiger partial charge in [-0.15, -0.1) is 0 Å². The van der Waals surface area contributed by atoms with Gasteiger partial charge in [-0.2, -0.15) is 0 Å². The lowest BCUT2D eigenvalue weighted by Gasteiger charge is -2.36. The number of hydrogen-bond donors (Lipinski definition) is 1. The van der Waals surface area contributed by atoms with Crippen molar-refractivity contribution >= 4 is 21.6 Å². The van der Waals surface area contributed by atoms with E-state index in [0.717, 1.165) is 24.8 Å². The van der Waals surface area contributed by atoms with E-state index in [2.05, 4.69) is 15.9 Å². The van der Waals surface area contributed by atoms with Crippen LogP contribution < -0.4 is 5.73 Å². The van der Waals surface area contributed by atoms with Crippen molar-refractivity contribution in [1.82, 2.24) is 0 Å². The monoisotopic (exact) mass is 326 g/mol. The first-order valence-electron chi connectivity index (χ1n) is 6.70. The van der Waals surface area contributed by atoms with E-state index in [1.54, 1.807) is 6.07 Å². The lowest BCUT2D eigenvalue weighted by Crippen LogP contribution is -2.35. The van der Waals surface area contributed by atoms with Crippen molar-refractivity contribution in [1.29, 1.82) is 0 Å². The van der Waals surface area contributed by atoms with E-state index in [1.807, 2.05) is 6.07 Å². The van der Waals surface area contributed by atoms with Crippen molar-refractivity contribution in [2.75, 3.05) is 6.54 Å². The molecule has 1 fully saturated rings. The van der Waals surface area contributed by atoms with Crippen molar-refractivity contribution in [3.63, 3.8) is 0 Å². The Balaban J connectivity index is 2.27. The van der Waals surface area contributed by atoms with Gasteiger partial charge in [-0.3, -0.25) is 10.1 Å². The Kier molecular flexibility index (Phi) is 4.58. The molecule has 0 atom stereocenters. The molecule has 1 saturated carbocycles. The molecule has 0 unspecified atom stereocenters. The smallest absolute Gasteiger partial charge is 0.283 e. The van der Waals surface area contributed by atoms with Crippen LogP contribution in [0.25, 0.3) is 0 Å². The third kappa shape index (κ3) is 3.15. The minimum Gasteiger partial charge on any atom is -0.330 e. The van der Waals surface area contributed by atoms with Gasteiger partial charge < -0.3 is 5.73 Å². The highest BCUT2D eigenvalue weighted by Crippen LogP contribution is 2.41. The zero-order valence-corrected chi connectivity index (χ0v) is 12.5. The van der Waals surface area contributed by atoms with Gasteiger partial charge in [0.25, 0.3) is 5.69 Å². The van der Waals surface area contributed by atoms with Crippen LogP contribution in [-0.2, 0) is 6.42 Å². The van der Waals surface area contributed by atoms with Crippen LogP contribution in [-0.4, -0.2) is 11.5 Å². The molecule has 1 aliphatic rings. The fourth-order valence-corrected chi connectivity index (χ4v) is 3.55. The molecule has 0 radical (unpaired) electrons. The van der Waals surface area contributed by atoms with Crippen LogP contribution in [0.3, 0.4) is 0 Å². The van der Waals surface area contributed by atoms with Crippen LogP contribution in [0.4, 0.5) is 5.69 Å². The molecule has 19 heavy (non-hydrogen) atoms. The highest BCUT2D eigenvalue weighted by atomic mass is 79.9. The lowest BCUT2D eigenvalue weighted by molar-refractivity contribution is -0.385. The first-order chi connectivity index (χ1) is 9.08. The number of nitro groups is 1. The first kappa shape index (κ1) is 14.5. The molecule has 1 aliphatic carbocycles. The van der Waals surface area contributed by atoms with Crippen LogP contribution in [0.2, 0.25) is 0 Å². The van der Waals surface area contributed by atoms with Crippen LogP contribution in [0.1, 0.15) is 37.7 Å². The molecular formula is C14H19BrN2O2. The van der Waals surface area contributed by atoms with Gasteiger partial charge >= 0.3 is 0 Å². The van der Waals surface area contributed by atoms with Gasteiger partial charge in [0.2, 0.25) is 0 Å². The molecule has 2 rings (SSSR count). The van der Waals surface area contributed by atoms with E-state index in [-0.39, 0.29) is 16.0 Å². The van der Waals surface area contributed by atoms with Gasteiger partial charge in [-0.05, 0) is 52.7 Å². The molecule has 5 heteroatoms. The van der Waals surface area contributed by atoms with Crippen LogP contribution in [0.15, 0.2) is 22.7 Å². The van der Waals surface area contributed by atoms with Crippen LogP contribution >= 0.6 is 15.9 Å². The van der Waals surface area contributed by atoms with Gasteiger partial charge in [0.05, 0.1) is 9.40 Å². The number of hydrogen-bond acceptors (Lipinski definition) is 3. The van der Waals surface area contributed by atoms with E-state index in [4.69, 9.17) is 5.73 Å². The summed E-state index contributed by atoms with van der Waals surface area (Å²) in [6.07, 6.45) is 6.77. The van der Waals surface area contributed by atoms with Crippen molar-refractivity contribution < 1.29 is 4.92 Å². The summed E-state index contributed by atoms with van der Waals surface area (Å²) in [6.45, 7) is 0.655. The number of nitrogens with two attached hydrogens (primary N) is 1. The molecule has 0 bridgehead atoms. The zero-order valence-electron chi connectivity index (χ0n) is 10.9. The maximum Gasteiger partial charge on any atom is 0.283 e. The fourth-order valence-electron chi connectivity index (χ4n) is 3.00. The van der Waals surface area contributed by atoms with Crippen molar-refractivity contribution in [2.45, 2.75) is 38.5 Å². The number of nitrogens with zero attached hydrogens (tertiary/aromatic N) is 1. The van der Waals surface area contributed by atoms with Crippen LogP contribution in [0, 0.1) is 15.5 Å². The maximum absolute atomic E-state index is 11.0. The molecule has 0 aromatic heterocycles. The van der Waals surface area contributed by atoms with E-state index >= 15 is 0 Å². The summed E-state index contributed by atoms with van der Waals surface area (Å²) in [7, 11) is 0. The first-order valence-corrected chi connectivity index (χ1v) is 7.49. The molecule has 1 aromatic rings. The summed E-state index contributed by atoms with van der Waals surface area (Å²) < 4.78 is 0.610. The zero-order chi connectivity index (χ0) is 13.9. The minimum absolute atomic E-state index is 0.121. The Bertz CT molecular complexity index is 471. The van der Waals surface area contributed by atoms with Crippen molar-refractivity contribution in [3.05, 3.63) is 38.3 Å². The highest BCUT2D eigenvalue weighted by molar-refractivity contribution is 9.10. The quantitative estimate of drug-likeness (QED) is 0.675. The molecule has 2 N–H and O–H groups in total. The molecule has 4 nitrogen and oxygen atoms in total. The maximum atomic E-state index is 11.0. The Hall–Kier alpha value is -0.940. The van der Waals surface area contributed by atoms with Gasteiger partial charge in [-0.1, -0.05) is 31.4 Å². The summed E-state index contributed by atoms with van der Waals surface area (Å²) in [5.41, 5.74) is 7.25. The minimum atomic E-state index is -0.344. The largest absolute Gasteiger partial charge is 0.330 e. The number of nitro benzene ring substituents is 1. The third-order valence-corrected chi connectivity index (χ3v) is 5.08. The van der Waals surface area contributed by atoms with Crippen molar-refractivity contribution in [2.24, 2.45) is 11.1 Å². The van der Waals surface area contributed by atoms with Gasteiger partial charge in [-0.25, -0.2) is 0 Å². The SMILES string of the molecule is NCC1(Cc2cccc([N+](=O)[O-])c2Br)CCCCC1. The number of halogens is 1. The van der Waals surface area contributed by atoms with Gasteiger partial charge in [0.15, 0.2) is 0 Å². The van der Waals surface area contributed by atoms with E-state index in [1.165, 1.54) is 25.3 Å². The molecule has 0 saturated heterocycles. The summed E-state index contributed by atoms with van der Waals surface area (Å²) in [6, 6.07) is 5.25. The fraction of sp³-hybridized carbons (Fsp3) is 0.571. The Morgan fingerprint density at radius 3 is 2.58 bits per heavy atom. The molecule has 104 valence electrons.